The first-order chi connectivity index (χ1) is 9.56. The smallest absolute Gasteiger partial charge is 0.237 e. The van der Waals surface area contributed by atoms with E-state index in [0.29, 0.717) is 5.69 Å². The maximum absolute atomic E-state index is 13.2. The zero-order chi connectivity index (χ0) is 14.5. The van der Waals surface area contributed by atoms with Crippen molar-refractivity contribution in [2.45, 2.75) is 24.0 Å². The predicted octanol–water partition coefficient (Wildman–Crippen LogP) is 4.25. The topological polar surface area (TPSA) is 29.1 Å². The minimum absolute atomic E-state index is 0.132. The third-order valence-electron chi connectivity index (χ3n) is 2.88. The summed E-state index contributed by atoms with van der Waals surface area (Å²) in [7, 11) is 0. The number of aryl methyl sites for hydroxylation is 1. The molecule has 2 aromatic carbocycles. The molecule has 4 heteroatoms. The van der Waals surface area contributed by atoms with Crippen LogP contribution in [0.3, 0.4) is 0 Å². The summed E-state index contributed by atoms with van der Waals surface area (Å²) in [6.07, 6.45) is 0. The number of rotatable bonds is 4. The van der Waals surface area contributed by atoms with Gasteiger partial charge in [0.2, 0.25) is 5.91 Å². The number of carbonyl (C=O) groups is 1. The zero-order valence-electron chi connectivity index (χ0n) is 11.4. The van der Waals surface area contributed by atoms with E-state index in [1.165, 1.54) is 23.9 Å². The minimum atomic E-state index is -0.353. The van der Waals surface area contributed by atoms with E-state index in [9.17, 15) is 9.18 Å². The second kappa shape index (κ2) is 6.57. The van der Waals surface area contributed by atoms with Gasteiger partial charge in [0.25, 0.3) is 0 Å². The van der Waals surface area contributed by atoms with Crippen molar-refractivity contribution in [1.82, 2.24) is 0 Å². The number of hydrogen-bond donors (Lipinski definition) is 1. The molecule has 0 saturated carbocycles. The van der Waals surface area contributed by atoms with Crippen LogP contribution in [0.2, 0.25) is 0 Å². The van der Waals surface area contributed by atoms with E-state index in [4.69, 9.17) is 0 Å². The first-order valence-electron chi connectivity index (χ1n) is 6.35. The summed E-state index contributed by atoms with van der Waals surface area (Å²) in [5.41, 5.74) is 1.37. The van der Waals surface area contributed by atoms with Crippen LogP contribution in [-0.2, 0) is 4.79 Å². The number of benzene rings is 2. The van der Waals surface area contributed by atoms with E-state index >= 15 is 0 Å². The van der Waals surface area contributed by atoms with Crippen molar-refractivity contribution in [3.05, 3.63) is 59.9 Å². The molecule has 2 aromatic rings. The molecule has 0 aliphatic heterocycles. The number of nitrogens with one attached hydrogen (secondary N) is 1. The highest BCUT2D eigenvalue weighted by atomic mass is 32.2. The van der Waals surface area contributed by atoms with Crippen LogP contribution >= 0.6 is 11.8 Å². The highest BCUT2D eigenvalue weighted by Crippen LogP contribution is 2.24. The Balaban J connectivity index is 2.02. The van der Waals surface area contributed by atoms with Gasteiger partial charge in [-0.2, -0.15) is 0 Å². The van der Waals surface area contributed by atoms with Gasteiger partial charge in [0.05, 0.1) is 5.25 Å². The van der Waals surface area contributed by atoms with Crippen LogP contribution < -0.4 is 5.32 Å². The Labute approximate surface area is 122 Å². The van der Waals surface area contributed by atoms with E-state index in [1.807, 2.05) is 44.2 Å². The van der Waals surface area contributed by atoms with Gasteiger partial charge in [-0.05, 0) is 43.7 Å². The molecule has 1 amide bonds. The van der Waals surface area contributed by atoms with Crippen LogP contribution in [0.25, 0.3) is 0 Å². The van der Waals surface area contributed by atoms with Gasteiger partial charge in [-0.1, -0.05) is 24.3 Å². The summed E-state index contributed by atoms with van der Waals surface area (Å²) in [6, 6.07) is 14.1. The van der Waals surface area contributed by atoms with Gasteiger partial charge >= 0.3 is 0 Å². The Morgan fingerprint density at radius 3 is 2.60 bits per heavy atom. The Morgan fingerprint density at radius 2 is 1.90 bits per heavy atom. The van der Waals surface area contributed by atoms with Crippen molar-refractivity contribution in [3.63, 3.8) is 0 Å². The number of hydrogen-bond acceptors (Lipinski definition) is 2. The van der Waals surface area contributed by atoms with E-state index in [-0.39, 0.29) is 17.0 Å². The predicted molar refractivity (Wildman–Crippen MR) is 81.5 cm³/mol. The highest BCUT2D eigenvalue weighted by molar-refractivity contribution is 8.00. The van der Waals surface area contributed by atoms with Gasteiger partial charge in [0.15, 0.2) is 0 Å². The van der Waals surface area contributed by atoms with E-state index in [2.05, 4.69) is 5.32 Å². The van der Waals surface area contributed by atoms with Crippen LogP contribution in [0.4, 0.5) is 10.1 Å². The molecule has 1 N–H and O–H groups in total. The molecule has 0 bridgehead atoms. The van der Waals surface area contributed by atoms with Crippen molar-refractivity contribution in [1.29, 1.82) is 0 Å². The standard InChI is InChI=1S/C16H16FNOS/c1-11-8-9-13(17)10-15(11)18-16(19)12(2)20-14-6-4-3-5-7-14/h3-10,12H,1-2H3,(H,18,19)/t12-/m0/s1. The molecule has 0 aliphatic carbocycles. The molecule has 0 aromatic heterocycles. The Kier molecular flexibility index (Phi) is 4.79. The highest BCUT2D eigenvalue weighted by Gasteiger charge is 2.15. The third kappa shape index (κ3) is 3.84. The van der Waals surface area contributed by atoms with Crippen LogP contribution in [0.1, 0.15) is 12.5 Å². The van der Waals surface area contributed by atoms with Gasteiger partial charge in [0.1, 0.15) is 5.82 Å². The normalized spacial score (nSPS) is 11.9. The van der Waals surface area contributed by atoms with Crippen LogP contribution in [0.15, 0.2) is 53.4 Å². The van der Waals surface area contributed by atoms with Crippen molar-refractivity contribution in [3.8, 4) is 0 Å². The summed E-state index contributed by atoms with van der Waals surface area (Å²) >= 11 is 1.48. The number of thioether (sulfide) groups is 1. The van der Waals surface area contributed by atoms with Crippen LogP contribution in [0.5, 0.6) is 0 Å². The van der Waals surface area contributed by atoms with Gasteiger partial charge in [-0.3, -0.25) is 4.79 Å². The number of amides is 1. The molecule has 20 heavy (non-hydrogen) atoms. The van der Waals surface area contributed by atoms with Gasteiger partial charge in [0, 0.05) is 10.6 Å². The van der Waals surface area contributed by atoms with Crippen molar-refractivity contribution in [2.75, 3.05) is 5.32 Å². The Bertz CT molecular complexity index is 601. The van der Waals surface area contributed by atoms with Crippen molar-refractivity contribution < 1.29 is 9.18 Å². The molecular weight excluding hydrogens is 273 g/mol. The Morgan fingerprint density at radius 1 is 1.20 bits per heavy atom. The maximum Gasteiger partial charge on any atom is 0.237 e. The molecule has 0 radical (unpaired) electrons. The third-order valence-corrected chi connectivity index (χ3v) is 3.99. The molecular formula is C16H16FNOS. The average Bonchev–Trinajstić information content (AvgIpc) is 2.44. The first-order valence-corrected chi connectivity index (χ1v) is 7.23. The lowest BCUT2D eigenvalue weighted by Gasteiger charge is -2.13. The summed E-state index contributed by atoms with van der Waals surface area (Å²) in [5.74, 6) is -0.484. The molecule has 0 aliphatic rings. The molecule has 0 fully saturated rings. The monoisotopic (exact) mass is 289 g/mol. The second-order valence-electron chi connectivity index (χ2n) is 4.52. The zero-order valence-corrected chi connectivity index (χ0v) is 12.2. The lowest BCUT2D eigenvalue weighted by molar-refractivity contribution is -0.115. The van der Waals surface area contributed by atoms with Crippen LogP contribution in [0, 0.1) is 12.7 Å². The molecule has 2 rings (SSSR count). The molecule has 0 unspecified atom stereocenters. The van der Waals surface area contributed by atoms with Gasteiger partial charge in [-0.15, -0.1) is 11.8 Å². The summed E-state index contributed by atoms with van der Waals surface area (Å²) in [5, 5.41) is 2.52. The van der Waals surface area contributed by atoms with E-state index < -0.39 is 0 Å². The van der Waals surface area contributed by atoms with Crippen LogP contribution in [-0.4, -0.2) is 11.2 Å². The first kappa shape index (κ1) is 14.6. The van der Waals surface area contributed by atoms with Crippen molar-refractivity contribution in [2.24, 2.45) is 0 Å². The van der Waals surface area contributed by atoms with Crippen molar-refractivity contribution >= 4 is 23.4 Å². The molecule has 1 atom stereocenters. The second-order valence-corrected chi connectivity index (χ2v) is 5.94. The lowest BCUT2D eigenvalue weighted by atomic mass is 10.2. The number of anilines is 1. The number of carbonyl (C=O) groups excluding carboxylic acids is 1. The van der Waals surface area contributed by atoms with E-state index in [0.717, 1.165) is 10.5 Å². The Hall–Kier alpha value is -1.81. The molecule has 0 spiro atoms. The fourth-order valence-corrected chi connectivity index (χ4v) is 2.61. The van der Waals surface area contributed by atoms with Gasteiger partial charge < -0.3 is 5.32 Å². The molecule has 0 heterocycles. The summed E-state index contributed by atoms with van der Waals surface area (Å²) < 4.78 is 13.2. The maximum atomic E-state index is 13.2. The summed E-state index contributed by atoms with van der Waals surface area (Å²) in [4.78, 5) is 13.2. The van der Waals surface area contributed by atoms with Gasteiger partial charge in [-0.25, -0.2) is 4.39 Å². The van der Waals surface area contributed by atoms with E-state index in [1.54, 1.807) is 6.07 Å². The molecule has 2 nitrogen and oxygen atoms in total. The minimum Gasteiger partial charge on any atom is -0.325 e. The lowest BCUT2D eigenvalue weighted by Crippen LogP contribution is -2.22. The number of halogens is 1. The average molecular weight is 289 g/mol. The fraction of sp³-hybridized carbons (Fsp3) is 0.188. The summed E-state index contributed by atoms with van der Waals surface area (Å²) in [6.45, 7) is 3.67. The SMILES string of the molecule is Cc1ccc(F)cc1NC(=O)[C@H](C)Sc1ccccc1. The molecule has 104 valence electrons. The quantitative estimate of drug-likeness (QED) is 0.852. The largest absolute Gasteiger partial charge is 0.325 e. The molecule has 0 saturated heterocycles. The fourth-order valence-electron chi connectivity index (χ4n) is 1.72.